The van der Waals surface area contributed by atoms with Crippen LogP contribution < -0.4 is 11.1 Å². The van der Waals surface area contributed by atoms with Crippen LogP contribution in [0.25, 0.3) is 0 Å². The summed E-state index contributed by atoms with van der Waals surface area (Å²) in [5.74, 6) is -0.893. The van der Waals surface area contributed by atoms with Crippen LogP contribution in [0.5, 0.6) is 0 Å². The summed E-state index contributed by atoms with van der Waals surface area (Å²) in [7, 11) is -3.11. The molecule has 0 saturated carbocycles. The number of nitrogens with two attached hydrogens (primary N) is 1. The summed E-state index contributed by atoms with van der Waals surface area (Å²) in [6, 6.07) is 5.76. The van der Waals surface area contributed by atoms with Gasteiger partial charge >= 0.3 is 0 Å². The van der Waals surface area contributed by atoms with Gasteiger partial charge in [-0.1, -0.05) is 11.6 Å². The predicted molar refractivity (Wildman–Crippen MR) is 122 cm³/mol. The Kier molecular flexibility index (Phi) is 5.49. The molecule has 0 aliphatic carbocycles. The van der Waals surface area contributed by atoms with E-state index >= 15 is 0 Å². The lowest BCUT2D eigenvalue weighted by molar-refractivity contribution is 0.102. The lowest BCUT2D eigenvalue weighted by Crippen LogP contribution is -2.54. The maximum Gasteiger partial charge on any atom is 0.274 e. The van der Waals surface area contributed by atoms with Crippen LogP contribution in [0.4, 0.5) is 10.1 Å². The number of hydrogen-bond donors (Lipinski definition) is 4. The molecule has 166 valence electrons. The highest BCUT2D eigenvalue weighted by molar-refractivity contribution is 8.26. The number of hydrogen-bond acceptors (Lipinski definition) is 6. The Balaban J connectivity index is 1.72. The Morgan fingerprint density at radius 2 is 2.10 bits per heavy atom. The fourth-order valence-electron chi connectivity index (χ4n) is 4.58. The molecule has 1 aromatic heterocycles. The van der Waals surface area contributed by atoms with Crippen molar-refractivity contribution in [3.8, 4) is 0 Å². The first-order chi connectivity index (χ1) is 14.5. The summed E-state index contributed by atoms with van der Waals surface area (Å²) in [5.41, 5.74) is 6.11. The molecule has 2 aliphatic heterocycles. The van der Waals surface area contributed by atoms with Gasteiger partial charge in [-0.05, 0) is 62.9 Å². The number of amidine groups is 1. The van der Waals surface area contributed by atoms with Crippen molar-refractivity contribution in [2.45, 2.75) is 49.1 Å². The third kappa shape index (κ3) is 3.69. The van der Waals surface area contributed by atoms with E-state index in [1.165, 1.54) is 24.4 Å². The number of carbonyl (C=O) groups excluding carboxylic acids is 1. The Morgan fingerprint density at radius 1 is 1.35 bits per heavy atom. The minimum atomic E-state index is -3.11. The van der Waals surface area contributed by atoms with Gasteiger partial charge in [0.25, 0.3) is 5.91 Å². The van der Waals surface area contributed by atoms with Crippen LogP contribution >= 0.6 is 22.2 Å². The fourth-order valence-corrected chi connectivity index (χ4v) is 7.48. The van der Waals surface area contributed by atoms with Crippen LogP contribution in [0, 0.1) is 12.7 Å². The van der Waals surface area contributed by atoms with Crippen LogP contribution in [0.15, 0.2) is 35.5 Å². The van der Waals surface area contributed by atoms with E-state index in [0.717, 1.165) is 6.42 Å². The van der Waals surface area contributed by atoms with Gasteiger partial charge in [0, 0.05) is 17.4 Å². The Hall–Kier alpha value is -2.20. The number of aliphatic imine (C=N–C) groups is 1. The van der Waals surface area contributed by atoms with E-state index in [1.807, 2.05) is 0 Å². The quantitative estimate of drug-likeness (QED) is 0.522. The number of aryl methyl sites for hydroxylation is 1. The monoisotopic (exact) mass is 466 g/mol. The molecule has 7 nitrogen and oxygen atoms in total. The highest BCUT2D eigenvalue weighted by atomic mass is 35.5. The fraction of sp³-hybridized carbons (Fsp3) is 0.381. The lowest BCUT2D eigenvalue weighted by atomic mass is 9.84. The van der Waals surface area contributed by atoms with E-state index in [1.54, 1.807) is 19.9 Å². The summed E-state index contributed by atoms with van der Waals surface area (Å²) in [5, 5.41) is 1.89. The van der Waals surface area contributed by atoms with Crippen LogP contribution in [-0.4, -0.2) is 36.3 Å². The molecule has 3 atom stereocenters. The molecule has 0 spiro atoms. The van der Waals surface area contributed by atoms with Gasteiger partial charge in [-0.3, -0.25) is 18.9 Å². The van der Waals surface area contributed by atoms with E-state index < -0.39 is 38.4 Å². The molecule has 4 rings (SSSR count). The van der Waals surface area contributed by atoms with Gasteiger partial charge in [0.05, 0.1) is 10.3 Å². The Labute approximate surface area is 186 Å². The number of benzene rings is 1. The number of pyridine rings is 1. The number of amides is 1. The van der Waals surface area contributed by atoms with Gasteiger partial charge in [-0.25, -0.2) is 9.37 Å². The second-order valence-corrected chi connectivity index (χ2v) is 11.1. The molecule has 3 heterocycles. The van der Waals surface area contributed by atoms with E-state index in [2.05, 4.69) is 15.3 Å². The molecule has 0 unspecified atom stereocenters. The van der Waals surface area contributed by atoms with Gasteiger partial charge in [0.15, 0.2) is 0 Å². The molecule has 1 aromatic carbocycles. The molecular weight excluding hydrogens is 443 g/mol. The average molecular weight is 467 g/mol. The van der Waals surface area contributed by atoms with Gasteiger partial charge in [0.2, 0.25) is 0 Å². The second kappa shape index (κ2) is 7.74. The summed E-state index contributed by atoms with van der Waals surface area (Å²) in [6.45, 7) is 3.38. The van der Waals surface area contributed by atoms with Crippen LogP contribution in [0.2, 0.25) is 5.02 Å². The maximum atomic E-state index is 15.0. The summed E-state index contributed by atoms with van der Waals surface area (Å²) in [4.78, 5) is 21.3. The Bertz CT molecular complexity index is 1100. The van der Waals surface area contributed by atoms with E-state index in [-0.39, 0.29) is 17.1 Å². The highest BCUT2D eigenvalue weighted by Gasteiger charge is 2.54. The minimum Gasteiger partial charge on any atom is -0.386 e. The van der Waals surface area contributed by atoms with Gasteiger partial charge in [-0.15, -0.1) is 0 Å². The van der Waals surface area contributed by atoms with Crippen molar-refractivity contribution in [1.82, 2.24) is 4.98 Å². The highest BCUT2D eigenvalue weighted by Crippen LogP contribution is 2.64. The number of aromatic nitrogens is 1. The molecular formula is C21H24ClFN4O3S. The molecule has 1 saturated heterocycles. The molecule has 1 amide bonds. The van der Waals surface area contributed by atoms with Gasteiger partial charge in [0.1, 0.15) is 28.1 Å². The van der Waals surface area contributed by atoms with Crippen molar-refractivity contribution in [1.29, 1.82) is 0 Å². The summed E-state index contributed by atoms with van der Waals surface area (Å²) >= 11 is 5.90. The van der Waals surface area contributed by atoms with Crippen LogP contribution in [0.1, 0.15) is 47.8 Å². The first-order valence-corrected chi connectivity index (χ1v) is 11.9. The Morgan fingerprint density at radius 3 is 2.81 bits per heavy atom. The molecule has 31 heavy (non-hydrogen) atoms. The zero-order chi connectivity index (χ0) is 22.6. The first kappa shape index (κ1) is 22.0. The smallest absolute Gasteiger partial charge is 0.274 e. The number of halogens is 2. The van der Waals surface area contributed by atoms with Crippen molar-refractivity contribution in [2.24, 2.45) is 10.7 Å². The molecule has 10 heteroatoms. The van der Waals surface area contributed by atoms with Gasteiger partial charge in [-0.2, -0.15) is 10.6 Å². The number of anilines is 1. The predicted octanol–water partition coefficient (Wildman–Crippen LogP) is 4.69. The number of rotatable bonds is 3. The van der Waals surface area contributed by atoms with Crippen LogP contribution in [-0.2, 0) is 5.54 Å². The summed E-state index contributed by atoms with van der Waals surface area (Å²) < 4.78 is 36.8. The normalized spacial score (nSPS) is 27.9. The largest absolute Gasteiger partial charge is 0.386 e. The SMILES string of the molecule is Cc1cc(Cl)cnc1C(=O)Nc1ccc(F)c([C@@]2(C)N=C(N)[C@H]3CCC[C@@H]2S3(O)O)c1. The topological polar surface area (TPSA) is 121 Å². The van der Waals surface area contributed by atoms with Crippen molar-refractivity contribution >= 4 is 39.6 Å². The first-order valence-electron chi connectivity index (χ1n) is 9.88. The number of carbonyl (C=O) groups is 1. The van der Waals surface area contributed by atoms with Crippen molar-refractivity contribution in [3.05, 3.63) is 58.1 Å². The third-order valence-electron chi connectivity index (χ3n) is 6.12. The molecule has 2 bridgehead atoms. The second-order valence-electron chi connectivity index (χ2n) is 8.20. The van der Waals surface area contributed by atoms with Crippen molar-refractivity contribution in [2.75, 3.05) is 5.32 Å². The molecule has 2 aliphatic rings. The van der Waals surface area contributed by atoms with E-state index in [0.29, 0.717) is 29.1 Å². The number of nitrogens with one attached hydrogen (secondary N) is 1. The van der Waals surface area contributed by atoms with Crippen LogP contribution in [0.3, 0.4) is 0 Å². The number of nitrogens with zero attached hydrogens (tertiary/aromatic N) is 2. The van der Waals surface area contributed by atoms with Crippen molar-refractivity contribution in [3.63, 3.8) is 0 Å². The standard InChI is InChI=1S/C21H24ClFN4O3S/c1-11-8-12(22)10-25-18(11)20(28)26-13-6-7-15(23)14(9-13)21(2)17-5-3-4-16(19(24)27-21)31(17,29)30/h6-10,16-17,29-30H,3-5H2,1-2H3,(H2,24,27)(H,26,28)/t16-,17+,21-/m1/s1. The van der Waals surface area contributed by atoms with E-state index in [9.17, 15) is 18.3 Å². The van der Waals surface area contributed by atoms with Crippen molar-refractivity contribution < 1.29 is 18.3 Å². The third-order valence-corrected chi connectivity index (χ3v) is 9.17. The molecule has 5 N–H and O–H groups in total. The summed E-state index contributed by atoms with van der Waals surface area (Å²) in [6.07, 6.45) is 3.17. The molecule has 1 fully saturated rings. The average Bonchev–Trinajstić information content (AvgIpc) is 2.67. The molecule has 2 aromatic rings. The number of fused-ring (bicyclic) bond motifs is 2. The lowest BCUT2D eigenvalue weighted by Gasteiger charge is -2.57. The zero-order valence-corrected chi connectivity index (χ0v) is 18.7. The zero-order valence-electron chi connectivity index (χ0n) is 17.1. The van der Waals surface area contributed by atoms with E-state index in [4.69, 9.17) is 17.3 Å². The minimum absolute atomic E-state index is 0.133. The maximum absolute atomic E-state index is 15.0. The van der Waals surface area contributed by atoms with Gasteiger partial charge < -0.3 is 11.1 Å². The molecule has 0 radical (unpaired) electrons.